The van der Waals surface area contributed by atoms with Gasteiger partial charge in [-0.25, -0.2) is 8.42 Å². The first-order valence-corrected chi connectivity index (χ1v) is 9.39. The van der Waals surface area contributed by atoms with Crippen molar-refractivity contribution < 1.29 is 22.7 Å². The van der Waals surface area contributed by atoms with E-state index < -0.39 is 10.0 Å². The number of hydrogen-bond acceptors (Lipinski definition) is 5. The monoisotopic (exact) mass is 369 g/mol. The van der Waals surface area contributed by atoms with E-state index in [9.17, 15) is 18.0 Å². The number of likely N-dealkylation sites (tertiary alicyclic amines) is 1. The van der Waals surface area contributed by atoms with E-state index in [0.29, 0.717) is 30.9 Å². The third-order valence-corrected chi connectivity index (χ3v) is 5.90. The van der Waals surface area contributed by atoms with E-state index in [4.69, 9.17) is 4.74 Å². The third kappa shape index (κ3) is 4.49. The molecule has 138 valence electrons. The second-order valence-corrected chi connectivity index (χ2v) is 7.90. The number of carbonyl (C=O) groups is 2. The van der Waals surface area contributed by atoms with Crippen LogP contribution in [0.5, 0.6) is 5.75 Å². The van der Waals surface area contributed by atoms with Gasteiger partial charge in [-0.05, 0) is 24.6 Å². The van der Waals surface area contributed by atoms with Crippen LogP contribution in [0.4, 0.5) is 5.69 Å². The van der Waals surface area contributed by atoms with Crippen LogP contribution in [0, 0.1) is 0 Å². The van der Waals surface area contributed by atoms with Crippen molar-refractivity contribution in [3.63, 3.8) is 0 Å². The summed E-state index contributed by atoms with van der Waals surface area (Å²) in [6, 6.07) is 4.29. The van der Waals surface area contributed by atoms with Crippen molar-refractivity contribution in [2.75, 3.05) is 39.1 Å². The maximum Gasteiger partial charge on any atom is 0.242 e. The Morgan fingerprint density at radius 3 is 2.68 bits per heavy atom. The zero-order valence-corrected chi connectivity index (χ0v) is 15.4. The third-order valence-electron chi connectivity index (χ3n) is 4.05. The first-order valence-electron chi connectivity index (χ1n) is 7.95. The number of methoxy groups -OCH3 is 1. The molecule has 0 unspecified atom stereocenters. The number of sulfonamides is 1. The van der Waals surface area contributed by atoms with Gasteiger partial charge in [0, 0.05) is 40.0 Å². The van der Waals surface area contributed by atoms with Crippen LogP contribution >= 0.6 is 0 Å². The Morgan fingerprint density at radius 1 is 1.40 bits per heavy atom. The minimum absolute atomic E-state index is 0.0484. The summed E-state index contributed by atoms with van der Waals surface area (Å²) in [7, 11) is -0.834. The molecule has 1 N–H and O–H groups in total. The summed E-state index contributed by atoms with van der Waals surface area (Å²) in [4.78, 5) is 24.6. The molecule has 1 aliphatic rings. The van der Waals surface area contributed by atoms with Crippen LogP contribution in [0.25, 0.3) is 0 Å². The average Bonchev–Trinajstić information content (AvgIpc) is 2.97. The van der Waals surface area contributed by atoms with Crippen molar-refractivity contribution in [1.29, 1.82) is 0 Å². The van der Waals surface area contributed by atoms with Crippen LogP contribution in [-0.4, -0.2) is 63.2 Å². The lowest BCUT2D eigenvalue weighted by Gasteiger charge is -2.22. The Morgan fingerprint density at radius 2 is 2.12 bits per heavy atom. The lowest BCUT2D eigenvalue weighted by atomic mass is 10.3. The largest absolute Gasteiger partial charge is 0.495 e. The molecular formula is C16H23N3O5S. The van der Waals surface area contributed by atoms with E-state index in [0.717, 1.165) is 6.42 Å². The number of benzene rings is 1. The zero-order valence-electron chi connectivity index (χ0n) is 14.6. The summed E-state index contributed by atoms with van der Waals surface area (Å²) in [5, 5.41) is 2.56. The highest BCUT2D eigenvalue weighted by Gasteiger charge is 2.25. The van der Waals surface area contributed by atoms with Crippen LogP contribution in [0.3, 0.4) is 0 Å². The van der Waals surface area contributed by atoms with Crippen molar-refractivity contribution in [1.82, 2.24) is 9.21 Å². The molecule has 0 aromatic heterocycles. The smallest absolute Gasteiger partial charge is 0.242 e. The summed E-state index contributed by atoms with van der Waals surface area (Å²) in [6.07, 6.45) is 1.34. The highest BCUT2D eigenvalue weighted by molar-refractivity contribution is 7.89. The molecule has 1 aromatic carbocycles. The number of rotatable bonds is 7. The number of ether oxygens (including phenoxy) is 1. The Kier molecular flexibility index (Phi) is 6.02. The van der Waals surface area contributed by atoms with E-state index in [1.807, 2.05) is 0 Å². The summed E-state index contributed by atoms with van der Waals surface area (Å²) in [5.41, 5.74) is 0.291. The molecule has 0 spiro atoms. The number of likely N-dealkylation sites (N-methyl/N-ethyl adjacent to an activating group) is 1. The van der Waals surface area contributed by atoms with Gasteiger partial charge in [0.2, 0.25) is 21.8 Å². The molecule has 0 aliphatic carbocycles. The van der Waals surface area contributed by atoms with Gasteiger partial charge in [-0.15, -0.1) is 0 Å². The number of nitrogens with zero attached hydrogens (tertiary/aromatic N) is 2. The first-order chi connectivity index (χ1) is 11.8. The average molecular weight is 369 g/mol. The lowest BCUT2D eigenvalue weighted by Crippen LogP contribution is -2.36. The predicted molar refractivity (Wildman–Crippen MR) is 92.9 cm³/mol. The van der Waals surface area contributed by atoms with Gasteiger partial charge in [0.15, 0.2) is 0 Å². The van der Waals surface area contributed by atoms with Crippen LogP contribution < -0.4 is 10.1 Å². The van der Waals surface area contributed by atoms with Crippen molar-refractivity contribution in [2.24, 2.45) is 0 Å². The van der Waals surface area contributed by atoms with E-state index >= 15 is 0 Å². The summed E-state index contributed by atoms with van der Waals surface area (Å²) in [6.45, 7) is 2.57. The summed E-state index contributed by atoms with van der Waals surface area (Å²) >= 11 is 0. The number of hydrogen-bond donors (Lipinski definition) is 1. The molecule has 1 aliphatic heterocycles. The molecule has 25 heavy (non-hydrogen) atoms. The Bertz CT molecular complexity index is 763. The minimum Gasteiger partial charge on any atom is -0.495 e. The highest BCUT2D eigenvalue weighted by Crippen LogP contribution is 2.28. The Hall–Kier alpha value is -2.13. The topological polar surface area (TPSA) is 96.0 Å². The molecule has 0 saturated carbocycles. The van der Waals surface area contributed by atoms with Crippen molar-refractivity contribution in [3.8, 4) is 5.75 Å². The van der Waals surface area contributed by atoms with Gasteiger partial charge in [-0.2, -0.15) is 4.31 Å². The SMILES string of the molecule is COc1ccc(S(=O)(=O)N(C)CCN2CCCC2=O)cc1NC(C)=O. The standard InChI is InChI=1S/C16H23N3O5S/c1-12(20)17-14-11-13(6-7-15(14)24-3)25(22,23)18(2)9-10-19-8-4-5-16(19)21/h6-7,11H,4-5,8-10H2,1-3H3,(H,17,20). The van der Waals surface area contributed by atoms with Gasteiger partial charge in [-0.3, -0.25) is 9.59 Å². The normalized spacial score (nSPS) is 14.9. The molecule has 9 heteroatoms. The number of anilines is 1. The quantitative estimate of drug-likeness (QED) is 0.770. The molecular weight excluding hydrogens is 346 g/mol. The highest BCUT2D eigenvalue weighted by atomic mass is 32.2. The second kappa shape index (κ2) is 7.83. The van der Waals surface area contributed by atoms with E-state index in [2.05, 4.69) is 5.32 Å². The molecule has 1 fully saturated rings. The van der Waals surface area contributed by atoms with Crippen molar-refractivity contribution in [3.05, 3.63) is 18.2 Å². The van der Waals surface area contributed by atoms with Gasteiger partial charge in [-0.1, -0.05) is 0 Å². The fourth-order valence-electron chi connectivity index (χ4n) is 2.64. The summed E-state index contributed by atoms with van der Waals surface area (Å²) < 4.78 is 31.8. The number of nitrogens with one attached hydrogen (secondary N) is 1. The number of carbonyl (C=O) groups excluding carboxylic acids is 2. The molecule has 0 radical (unpaired) electrons. The Balaban J connectivity index is 2.16. The number of amides is 2. The second-order valence-electron chi connectivity index (χ2n) is 5.85. The molecule has 1 heterocycles. The van der Waals surface area contributed by atoms with Gasteiger partial charge in [0.05, 0.1) is 17.7 Å². The minimum atomic E-state index is -3.74. The van der Waals surface area contributed by atoms with Gasteiger partial charge >= 0.3 is 0 Å². The molecule has 1 saturated heterocycles. The van der Waals surface area contributed by atoms with Gasteiger partial charge < -0.3 is 15.0 Å². The molecule has 0 bridgehead atoms. The molecule has 2 amide bonds. The molecule has 2 rings (SSSR count). The maximum atomic E-state index is 12.7. The van der Waals surface area contributed by atoms with Crippen molar-refractivity contribution in [2.45, 2.75) is 24.7 Å². The van der Waals surface area contributed by atoms with E-state index in [1.54, 1.807) is 4.90 Å². The predicted octanol–water partition coefficient (Wildman–Crippen LogP) is 0.896. The van der Waals surface area contributed by atoms with Crippen molar-refractivity contribution >= 4 is 27.5 Å². The van der Waals surface area contributed by atoms with Crippen LogP contribution in [-0.2, 0) is 19.6 Å². The van der Waals surface area contributed by atoms with Crippen LogP contribution in [0.15, 0.2) is 23.1 Å². The van der Waals surface area contributed by atoms with Crippen LogP contribution in [0.2, 0.25) is 0 Å². The fraction of sp³-hybridized carbons (Fsp3) is 0.500. The van der Waals surface area contributed by atoms with E-state index in [-0.39, 0.29) is 23.3 Å². The first kappa shape index (κ1) is 19.2. The Labute approximate surface area is 147 Å². The zero-order chi connectivity index (χ0) is 18.6. The molecule has 1 aromatic rings. The maximum absolute atomic E-state index is 12.7. The van der Waals surface area contributed by atoms with E-state index in [1.165, 1.54) is 43.6 Å². The van der Waals surface area contributed by atoms with Gasteiger partial charge in [0.1, 0.15) is 5.75 Å². The summed E-state index contributed by atoms with van der Waals surface area (Å²) in [5.74, 6) is 0.108. The lowest BCUT2D eigenvalue weighted by molar-refractivity contribution is -0.127. The van der Waals surface area contributed by atoms with Crippen LogP contribution in [0.1, 0.15) is 19.8 Å². The fourth-order valence-corrected chi connectivity index (χ4v) is 3.83. The molecule has 0 atom stereocenters. The molecule has 8 nitrogen and oxygen atoms in total. The van der Waals surface area contributed by atoms with Gasteiger partial charge in [0.25, 0.3) is 0 Å².